The average molecular weight is 435 g/mol. The normalized spacial score (nSPS) is 10.6. The van der Waals surface area contributed by atoms with Gasteiger partial charge in [0.15, 0.2) is 5.75 Å². The zero-order valence-corrected chi connectivity index (χ0v) is 18.3. The Morgan fingerprint density at radius 3 is 2.57 bits per heavy atom. The lowest BCUT2D eigenvalue weighted by atomic mass is 10.1. The van der Waals surface area contributed by atoms with E-state index in [9.17, 15) is 14.7 Å². The fourth-order valence-corrected chi connectivity index (χ4v) is 2.76. The number of aromatic hydroxyl groups is 1. The van der Waals surface area contributed by atoms with Gasteiger partial charge in [-0.05, 0) is 31.9 Å². The molecule has 8 heteroatoms. The smallest absolute Gasteiger partial charge is 0.412 e. The lowest BCUT2D eigenvalue weighted by molar-refractivity contribution is -0.118. The van der Waals surface area contributed by atoms with Crippen LogP contribution in [-0.4, -0.2) is 30.3 Å². The van der Waals surface area contributed by atoms with Crippen LogP contribution in [0.25, 0.3) is 0 Å². The molecule has 0 aliphatic carbocycles. The molecule has 2 amide bonds. The molecular weight excluding hydrogens is 408 g/mol. The van der Waals surface area contributed by atoms with Crippen molar-refractivity contribution in [2.75, 3.05) is 18.5 Å². The number of phenols is 1. The minimum Gasteiger partial charge on any atom is -0.504 e. The summed E-state index contributed by atoms with van der Waals surface area (Å²) in [5, 5.41) is 15.1. The van der Waals surface area contributed by atoms with E-state index in [1.54, 1.807) is 13.8 Å². The van der Waals surface area contributed by atoms with E-state index >= 15 is 0 Å². The highest BCUT2D eigenvalue weighted by molar-refractivity contribution is 6.32. The number of carbonyl (C=O) groups excluding carboxylic acids is 2. The van der Waals surface area contributed by atoms with Crippen LogP contribution in [0.4, 0.5) is 10.5 Å². The number of aryl methyl sites for hydroxylation is 2. The second kappa shape index (κ2) is 10.7. The summed E-state index contributed by atoms with van der Waals surface area (Å²) in [6.07, 6.45) is -0.0848. The fourth-order valence-electron chi connectivity index (χ4n) is 2.55. The first kappa shape index (κ1) is 23.3. The third-order valence-electron chi connectivity index (χ3n) is 4.21. The summed E-state index contributed by atoms with van der Waals surface area (Å²) in [4.78, 5) is 23.9. The Bertz CT molecular complexity index is 915. The highest BCUT2D eigenvalue weighted by atomic mass is 35.5. The molecule has 0 saturated carbocycles. The summed E-state index contributed by atoms with van der Waals surface area (Å²) >= 11 is 5.96. The number of phenolic OH excluding ortho intramolecular Hbond substituents is 1. The van der Waals surface area contributed by atoms with E-state index in [0.717, 1.165) is 11.3 Å². The number of hydrogen-bond acceptors (Lipinski definition) is 5. The minimum atomic E-state index is -0.676. The number of halogens is 1. The van der Waals surface area contributed by atoms with Crippen molar-refractivity contribution in [1.82, 2.24) is 5.32 Å². The maximum Gasteiger partial charge on any atom is 0.412 e. The molecule has 2 rings (SSSR count). The fraction of sp³-hybridized carbons (Fsp3) is 0.364. The topological polar surface area (TPSA) is 96.9 Å². The molecule has 0 saturated heterocycles. The average Bonchev–Trinajstić information content (AvgIpc) is 2.66. The first-order valence-corrected chi connectivity index (χ1v) is 10.0. The van der Waals surface area contributed by atoms with Crippen molar-refractivity contribution in [2.24, 2.45) is 5.92 Å². The van der Waals surface area contributed by atoms with Gasteiger partial charge in [0.05, 0.1) is 17.3 Å². The summed E-state index contributed by atoms with van der Waals surface area (Å²) in [7, 11) is 0. The van der Waals surface area contributed by atoms with E-state index in [1.165, 1.54) is 17.7 Å². The molecule has 162 valence electrons. The highest BCUT2D eigenvalue weighted by Crippen LogP contribution is 2.36. The van der Waals surface area contributed by atoms with Gasteiger partial charge in [-0.1, -0.05) is 43.1 Å². The highest BCUT2D eigenvalue weighted by Gasteiger charge is 2.15. The van der Waals surface area contributed by atoms with E-state index in [1.807, 2.05) is 32.0 Å². The first-order chi connectivity index (χ1) is 14.2. The van der Waals surface area contributed by atoms with Crippen LogP contribution in [0.2, 0.25) is 5.02 Å². The van der Waals surface area contributed by atoms with Crippen LogP contribution in [0.1, 0.15) is 31.4 Å². The van der Waals surface area contributed by atoms with Crippen molar-refractivity contribution in [1.29, 1.82) is 0 Å². The molecule has 2 aromatic carbocycles. The zero-order chi connectivity index (χ0) is 22.3. The molecule has 0 radical (unpaired) electrons. The molecule has 30 heavy (non-hydrogen) atoms. The quantitative estimate of drug-likeness (QED) is 0.409. The molecule has 0 aromatic heterocycles. The lowest BCUT2D eigenvalue weighted by Crippen LogP contribution is -2.28. The van der Waals surface area contributed by atoms with Crippen LogP contribution in [0.5, 0.6) is 17.2 Å². The number of ether oxygens (including phenoxy) is 2. The van der Waals surface area contributed by atoms with E-state index < -0.39 is 6.09 Å². The van der Waals surface area contributed by atoms with Gasteiger partial charge in [0, 0.05) is 24.6 Å². The van der Waals surface area contributed by atoms with Gasteiger partial charge >= 0.3 is 6.09 Å². The zero-order valence-electron chi connectivity index (χ0n) is 17.5. The van der Waals surface area contributed by atoms with E-state index in [0.29, 0.717) is 19.6 Å². The number of carbonyl (C=O) groups is 2. The first-order valence-electron chi connectivity index (χ1n) is 9.66. The Morgan fingerprint density at radius 2 is 1.90 bits per heavy atom. The third-order valence-corrected chi connectivity index (χ3v) is 4.50. The molecular formula is C22H27ClN2O5. The van der Waals surface area contributed by atoms with Crippen LogP contribution in [0.3, 0.4) is 0 Å². The molecule has 0 fully saturated rings. The van der Waals surface area contributed by atoms with Crippen LogP contribution in [-0.2, 0) is 4.79 Å². The largest absolute Gasteiger partial charge is 0.504 e. The number of rotatable bonds is 8. The minimum absolute atomic E-state index is 0.0405. The second-order valence-corrected chi connectivity index (χ2v) is 7.64. The maximum absolute atomic E-state index is 12.0. The number of anilines is 1. The van der Waals surface area contributed by atoms with Crippen LogP contribution >= 0.6 is 11.6 Å². The predicted octanol–water partition coefficient (Wildman–Crippen LogP) is 4.81. The van der Waals surface area contributed by atoms with E-state index in [4.69, 9.17) is 21.1 Å². The van der Waals surface area contributed by atoms with Crippen molar-refractivity contribution >= 4 is 29.3 Å². The Morgan fingerprint density at radius 1 is 1.17 bits per heavy atom. The molecule has 0 atom stereocenters. The Kier molecular flexibility index (Phi) is 8.35. The summed E-state index contributed by atoms with van der Waals surface area (Å²) in [5.74, 6) is 0.0366. The van der Waals surface area contributed by atoms with Crippen molar-refractivity contribution in [3.63, 3.8) is 0 Å². The van der Waals surface area contributed by atoms with Crippen LogP contribution in [0, 0.1) is 19.8 Å². The summed E-state index contributed by atoms with van der Waals surface area (Å²) in [6, 6.07) is 8.59. The van der Waals surface area contributed by atoms with Gasteiger partial charge in [-0.3, -0.25) is 4.79 Å². The molecule has 2 aromatic rings. The van der Waals surface area contributed by atoms with Gasteiger partial charge in [-0.25, -0.2) is 4.79 Å². The van der Waals surface area contributed by atoms with Crippen molar-refractivity contribution in [2.45, 2.75) is 34.1 Å². The number of hydrogen-bond donors (Lipinski definition) is 3. The van der Waals surface area contributed by atoms with E-state index in [-0.39, 0.29) is 34.0 Å². The number of benzene rings is 2. The lowest BCUT2D eigenvalue weighted by Gasteiger charge is -2.13. The molecule has 0 spiro atoms. The van der Waals surface area contributed by atoms with Crippen LogP contribution in [0.15, 0.2) is 30.3 Å². The van der Waals surface area contributed by atoms with Gasteiger partial charge in [0.25, 0.3) is 0 Å². The van der Waals surface area contributed by atoms with Gasteiger partial charge < -0.3 is 25.2 Å². The molecule has 0 unspecified atom stereocenters. The molecule has 0 heterocycles. The predicted molar refractivity (Wildman–Crippen MR) is 117 cm³/mol. The van der Waals surface area contributed by atoms with Gasteiger partial charge in [-0.2, -0.15) is 0 Å². The van der Waals surface area contributed by atoms with Crippen molar-refractivity contribution in [3.8, 4) is 17.2 Å². The Balaban J connectivity index is 1.82. The summed E-state index contributed by atoms with van der Waals surface area (Å²) < 4.78 is 10.9. The second-order valence-electron chi connectivity index (χ2n) is 7.23. The molecule has 7 nitrogen and oxygen atoms in total. The van der Waals surface area contributed by atoms with Gasteiger partial charge in [-0.15, -0.1) is 0 Å². The monoisotopic (exact) mass is 434 g/mol. The third kappa shape index (κ3) is 6.84. The summed E-state index contributed by atoms with van der Waals surface area (Å²) in [6.45, 7) is 8.23. The SMILES string of the molecule is Cc1ccc(OCCCNC(=O)Oc2cc(Cl)c(O)c(NC(=O)C(C)C)c2)c(C)c1. The molecule has 3 N–H and O–H groups in total. The number of amides is 2. The van der Waals surface area contributed by atoms with Crippen molar-refractivity contribution in [3.05, 3.63) is 46.5 Å². The van der Waals surface area contributed by atoms with Crippen LogP contribution < -0.4 is 20.1 Å². The van der Waals surface area contributed by atoms with Gasteiger partial charge in [0.1, 0.15) is 11.5 Å². The maximum atomic E-state index is 12.0. The molecule has 0 aliphatic rings. The molecule has 0 bridgehead atoms. The summed E-state index contributed by atoms with van der Waals surface area (Å²) in [5.41, 5.74) is 2.31. The Labute approximate surface area is 181 Å². The van der Waals surface area contributed by atoms with Gasteiger partial charge in [0.2, 0.25) is 5.91 Å². The number of nitrogens with one attached hydrogen (secondary N) is 2. The standard InChI is InChI=1S/C22H27ClN2O5/c1-13(2)21(27)25-18-12-16(11-17(23)20(18)26)30-22(28)24-8-5-9-29-19-7-6-14(3)10-15(19)4/h6-7,10-13,26H,5,8-9H2,1-4H3,(H,24,28)(H,25,27). The Hall–Kier alpha value is -2.93. The molecule has 0 aliphatic heterocycles. The van der Waals surface area contributed by atoms with Crippen molar-refractivity contribution < 1.29 is 24.2 Å². The van der Waals surface area contributed by atoms with E-state index in [2.05, 4.69) is 10.6 Å².